The fourth-order valence-corrected chi connectivity index (χ4v) is 9.85. The van der Waals surface area contributed by atoms with Gasteiger partial charge in [0, 0.05) is 93.4 Å². The van der Waals surface area contributed by atoms with Gasteiger partial charge in [-0.3, -0.25) is 34.6 Å². The van der Waals surface area contributed by atoms with Crippen LogP contribution >= 0.6 is 0 Å². The first kappa shape index (κ1) is 40.6. The van der Waals surface area contributed by atoms with E-state index in [4.69, 9.17) is 0 Å². The number of piperazine rings is 1. The zero-order valence-electron chi connectivity index (χ0n) is 34.7. The Morgan fingerprint density at radius 1 is 0.864 bits per heavy atom. The molecule has 2 aromatic carbocycles. The second kappa shape index (κ2) is 16.8. The number of rotatable bonds is 8. The molecule has 14 nitrogen and oxygen atoms in total. The summed E-state index contributed by atoms with van der Waals surface area (Å²) < 4.78 is 16.0. The molecule has 0 spiro atoms. The maximum absolute atomic E-state index is 16.0. The number of nitrogens with zero attached hydrogens (tertiary/aromatic N) is 8. The SMILES string of the molecule is CC.CC1(C)CN(CC2CCN(c3ccc4c(c3F)CN(C3CCC(=O)NC3=O)C4=O)CC2)CCN1CC1CCN(c2cc(-c3n[nH]c4ccc(O)cc34)ncn2)CC1. The van der Waals surface area contributed by atoms with Gasteiger partial charge in [-0.05, 0) is 88.1 Å². The Bertz CT molecular complexity index is 2190. The highest BCUT2D eigenvalue weighted by molar-refractivity contribution is 6.05. The monoisotopic (exact) mass is 808 g/mol. The van der Waals surface area contributed by atoms with E-state index in [0.717, 1.165) is 107 Å². The summed E-state index contributed by atoms with van der Waals surface area (Å²) in [6.07, 6.45) is 6.19. The molecule has 2 aromatic heterocycles. The molecule has 314 valence electrons. The van der Waals surface area contributed by atoms with E-state index in [1.165, 1.54) is 4.90 Å². The maximum atomic E-state index is 16.0. The van der Waals surface area contributed by atoms with Crippen molar-refractivity contribution in [2.75, 3.05) is 68.7 Å². The molecule has 0 aliphatic carbocycles. The molecule has 4 saturated heterocycles. The van der Waals surface area contributed by atoms with E-state index in [1.54, 1.807) is 30.6 Å². The summed E-state index contributed by atoms with van der Waals surface area (Å²) in [5.74, 6) is 0.701. The molecule has 1 atom stereocenters. The number of fused-ring (bicyclic) bond motifs is 2. The zero-order chi connectivity index (χ0) is 41.4. The van der Waals surface area contributed by atoms with Gasteiger partial charge >= 0.3 is 0 Å². The molecule has 3 N–H and O–H groups in total. The van der Waals surface area contributed by atoms with Crippen LogP contribution in [0.1, 0.15) is 82.1 Å². The molecule has 3 amide bonds. The highest BCUT2D eigenvalue weighted by Gasteiger charge is 2.41. The highest BCUT2D eigenvalue weighted by Crippen LogP contribution is 2.36. The first-order valence-corrected chi connectivity index (χ1v) is 21.4. The van der Waals surface area contributed by atoms with E-state index in [0.29, 0.717) is 34.3 Å². The highest BCUT2D eigenvalue weighted by atomic mass is 19.1. The van der Waals surface area contributed by atoms with Crippen molar-refractivity contribution in [1.29, 1.82) is 0 Å². The van der Waals surface area contributed by atoms with Crippen LogP contribution in [0.15, 0.2) is 42.7 Å². The lowest BCUT2D eigenvalue weighted by atomic mass is 9.90. The first-order chi connectivity index (χ1) is 28.5. The van der Waals surface area contributed by atoms with E-state index in [1.807, 2.05) is 26.0 Å². The predicted molar refractivity (Wildman–Crippen MR) is 225 cm³/mol. The van der Waals surface area contributed by atoms with E-state index >= 15 is 4.39 Å². The van der Waals surface area contributed by atoms with Crippen molar-refractivity contribution in [2.45, 2.75) is 84.3 Å². The molecule has 0 radical (unpaired) electrons. The average Bonchev–Trinajstić information content (AvgIpc) is 3.81. The molecule has 0 saturated carbocycles. The number of imide groups is 1. The normalized spacial score (nSPS) is 22.1. The van der Waals surface area contributed by atoms with Crippen molar-refractivity contribution in [2.24, 2.45) is 11.8 Å². The molecule has 5 aliphatic rings. The third kappa shape index (κ3) is 8.23. The molecule has 1 unspecified atom stereocenters. The van der Waals surface area contributed by atoms with Crippen LogP contribution in [0.3, 0.4) is 0 Å². The van der Waals surface area contributed by atoms with E-state index in [2.05, 4.69) is 58.9 Å². The second-order valence-corrected chi connectivity index (χ2v) is 17.2. The minimum Gasteiger partial charge on any atom is -0.508 e. The first-order valence-electron chi connectivity index (χ1n) is 21.4. The number of aromatic amines is 1. The number of nitrogens with one attached hydrogen (secondary N) is 2. The van der Waals surface area contributed by atoms with Crippen molar-refractivity contribution in [3.8, 4) is 17.1 Å². The van der Waals surface area contributed by atoms with Crippen LogP contribution in [0.5, 0.6) is 5.75 Å². The molecule has 4 aromatic rings. The fraction of sp³-hybridized carbons (Fsp3) is 0.545. The number of piperidine rings is 3. The van der Waals surface area contributed by atoms with Gasteiger partial charge in [0.05, 0.1) is 23.4 Å². The number of aromatic hydroxyl groups is 1. The van der Waals surface area contributed by atoms with Gasteiger partial charge < -0.3 is 19.8 Å². The van der Waals surface area contributed by atoms with Crippen LogP contribution in [0.25, 0.3) is 22.3 Å². The van der Waals surface area contributed by atoms with Gasteiger partial charge in [-0.1, -0.05) is 13.8 Å². The molecule has 15 heteroatoms. The lowest BCUT2D eigenvalue weighted by Gasteiger charge is -2.50. The maximum Gasteiger partial charge on any atom is 0.255 e. The predicted octanol–water partition coefficient (Wildman–Crippen LogP) is 5.18. The van der Waals surface area contributed by atoms with Gasteiger partial charge in [0.1, 0.15) is 29.6 Å². The number of halogens is 1. The van der Waals surface area contributed by atoms with Crippen molar-refractivity contribution in [1.82, 2.24) is 40.2 Å². The second-order valence-electron chi connectivity index (χ2n) is 17.2. The average molecular weight is 809 g/mol. The number of benzene rings is 2. The number of H-pyrrole nitrogens is 1. The molecule has 59 heavy (non-hydrogen) atoms. The minimum atomic E-state index is -0.758. The Kier molecular flexibility index (Phi) is 11.6. The lowest BCUT2D eigenvalue weighted by molar-refractivity contribution is -0.136. The number of amides is 3. The largest absolute Gasteiger partial charge is 0.508 e. The van der Waals surface area contributed by atoms with Gasteiger partial charge in [0.2, 0.25) is 11.8 Å². The Labute approximate surface area is 345 Å². The molecule has 5 aliphatic heterocycles. The molecule has 7 heterocycles. The summed E-state index contributed by atoms with van der Waals surface area (Å²) in [6.45, 7) is 17.4. The topological polar surface area (TPSA) is 154 Å². The number of anilines is 2. The Balaban J connectivity index is 0.00000238. The Hall–Kier alpha value is -5.15. The number of carbonyl (C=O) groups excluding carboxylic acids is 3. The summed E-state index contributed by atoms with van der Waals surface area (Å²) in [5, 5.41) is 20.7. The minimum absolute atomic E-state index is 0.0421. The van der Waals surface area contributed by atoms with E-state index in [9.17, 15) is 19.5 Å². The molecular formula is C44H57FN10O4. The fourth-order valence-electron chi connectivity index (χ4n) is 9.85. The lowest BCUT2D eigenvalue weighted by Crippen LogP contribution is -2.61. The smallest absolute Gasteiger partial charge is 0.255 e. The van der Waals surface area contributed by atoms with Crippen molar-refractivity contribution < 1.29 is 23.9 Å². The van der Waals surface area contributed by atoms with Crippen LogP contribution in [0.4, 0.5) is 15.9 Å². The van der Waals surface area contributed by atoms with Crippen LogP contribution in [-0.4, -0.2) is 128 Å². The summed E-state index contributed by atoms with van der Waals surface area (Å²) in [7, 11) is 0. The van der Waals surface area contributed by atoms with Gasteiger partial charge in [0.15, 0.2) is 5.82 Å². The number of phenols is 1. The zero-order valence-corrected chi connectivity index (χ0v) is 34.7. The van der Waals surface area contributed by atoms with Gasteiger partial charge in [-0.15, -0.1) is 0 Å². The van der Waals surface area contributed by atoms with Crippen molar-refractivity contribution in [3.05, 3.63) is 59.7 Å². The summed E-state index contributed by atoms with van der Waals surface area (Å²) in [6, 6.07) is 9.83. The van der Waals surface area contributed by atoms with Crippen LogP contribution in [-0.2, 0) is 16.1 Å². The number of phenolic OH excluding ortho intramolecular Hbond substituents is 1. The van der Waals surface area contributed by atoms with Gasteiger partial charge in [-0.25, -0.2) is 14.4 Å². The standard InChI is InChI=1S/C42H51FN10O4.C2H6/c1-42(2)24-49(21-26-9-13-50(14-10-26)34-6-4-29-31(38(34)43)23-53(41(29)57)35-7-8-37(55)46-40(35)56)17-18-52(42)22-27-11-15-51(16-12-27)36-20-33(44-25-45-36)39-30-19-28(54)3-5-32(30)47-48-39;1-2/h3-6,19-20,25-27,35,54H,7-18,21-24H2,1-2H3,(H,47,48)(H,46,55,56);1-2H3. The Morgan fingerprint density at radius 3 is 2.32 bits per heavy atom. The van der Waals surface area contributed by atoms with Crippen LogP contribution in [0.2, 0.25) is 0 Å². The molecular weight excluding hydrogens is 752 g/mol. The number of aromatic nitrogens is 4. The number of hydrogen-bond acceptors (Lipinski definition) is 11. The quantitative estimate of drug-likeness (QED) is 0.202. The van der Waals surface area contributed by atoms with Crippen molar-refractivity contribution in [3.63, 3.8) is 0 Å². The van der Waals surface area contributed by atoms with Gasteiger partial charge in [0.25, 0.3) is 5.91 Å². The summed E-state index contributed by atoms with van der Waals surface area (Å²) in [4.78, 5) is 57.6. The third-order valence-electron chi connectivity index (χ3n) is 13.1. The van der Waals surface area contributed by atoms with Crippen LogP contribution < -0.4 is 15.1 Å². The molecule has 4 fully saturated rings. The third-order valence-corrected chi connectivity index (χ3v) is 13.1. The van der Waals surface area contributed by atoms with Crippen molar-refractivity contribution >= 4 is 40.1 Å². The molecule has 9 rings (SSSR count). The van der Waals surface area contributed by atoms with E-state index in [-0.39, 0.29) is 48.3 Å². The number of hydrogen-bond donors (Lipinski definition) is 3. The van der Waals surface area contributed by atoms with Crippen LogP contribution in [0, 0.1) is 17.7 Å². The van der Waals surface area contributed by atoms with Gasteiger partial charge in [-0.2, -0.15) is 5.10 Å². The molecule has 0 bridgehead atoms. The summed E-state index contributed by atoms with van der Waals surface area (Å²) >= 11 is 0. The Morgan fingerprint density at radius 2 is 1.59 bits per heavy atom. The number of carbonyl (C=O) groups is 3. The van der Waals surface area contributed by atoms with E-state index < -0.39 is 11.9 Å². The summed E-state index contributed by atoms with van der Waals surface area (Å²) in [5.41, 5.74) is 3.53.